The molecule has 1 heterocycles. The summed E-state index contributed by atoms with van der Waals surface area (Å²) in [6.07, 6.45) is 8.81. The molecule has 7 heteroatoms. The van der Waals surface area contributed by atoms with E-state index in [1.54, 1.807) is 0 Å². The molecule has 3 rings (SSSR count). The second-order valence-corrected chi connectivity index (χ2v) is 7.73. The first-order valence-corrected chi connectivity index (χ1v) is 10.6. The summed E-state index contributed by atoms with van der Waals surface area (Å²) in [7, 11) is 0. The van der Waals surface area contributed by atoms with E-state index in [0.29, 0.717) is 12.6 Å². The third kappa shape index (κ3) is 5.24. The van der Waals surface area contributed by atoms with Gasteiger partial charge in [0.2, 0.25) is 0 Å². The van der Waals surface area contributed by atoms with Crippen LogP contribution in [0, 0.1) is 0 Å². The highest BCUT2D eigenvalue weighted by Crippen LogP contribution is 2.26. The van der Waals surface area contributed by atoms with Gasteiger partial charge in [0.1, 0.15) is 6.33 Å². The summed E-state index contributed by atoms with van der Waals surface area (Å²) in [5.74, 6) is 1.69. The van der Waals surface area contributed by atoms with Crippen molar-refractivity contribution in [2.75, 3.05) is 12.8 Å². The maximum Gasteiger partial charge on any atom is 0.191 e. The van der Waals surface area contributed by atoms with Crippen molar-refractivity contribution in [3.05, 3.63) is 36.2 Å². The number of aliphatic imine (C=N–C) groups is 1. The van der Waals surface area contributed by atoms with Crippen LogP contribution in [0.3, 0.4) is 0 Å². The highest BCUT2D eigenvalue weighted by molar-refractivity contribution is 7.99. The van der Waals surface area contributed by atoms with Gasteiger partial charge in [0, 0.05) is 23.4 Å². The lowest BCUT2D eigenvalue weighted by Gasteiger charge is -2.29. The van der Waals surface area contributed by atoms with Crippen molar-refractivity contribution in [1.82, 2.24) is 25.8 Å². The fourth-order valence-electron chi connectivity index (χ4n) is 3.34. The Morgan fingerprint density at radius 1 is 1.38 bits per heavy atom. The van der Waals surface area contributed by atoms with Crippen LogP contribution < -0.4 is 10.6 Å². The molecule has 3 N–H and O–H groups in total. The number of hydrogen-bond acceptors (Lipinski definition) is 4. The van der Waals surface area contributed by atoms with E-state index in [-0.39, 0.29) is 0 Å². The van der Waals surface area contributed by atoms with E-state index in [1.807, 2.05) is 23.9 Å². The number of aromatic amines is 1. The van der Waals surface area contributed by atoms with Gasteiger partial charge in [0.05, 0.1) is 6.54 Å². The molecule has 0 bridgehead atoms. The molecule has 2 atom stereocenters. The Kier molecular flexibility index (Phi) is 6.94. The van der Waals surface area contributed by atoms with Gasteiger partial charge in [-0.3, -0.25) is 5.10 Å². The smallest absolute Gasteiger partial charge is 0.191 e. The van der Waals surface area contributed by atoms with Crippen LogP contribution in [-0.4, -0.2) is 45.2 Å². The highest BCUT2D eigenvalue weighted by Gasteiger charge is 2.21. The van der Waals surface area contributed by atoms with E-state index in [2.05, 4.69) is 51.1 Å². The molecule has 2 unspecified atom stereocenters. The fourth-order valence-corrected chi connectivity index (χ4v) is 4.16. The van der Waals surface area contributed by atoms with Gasteiger partial charge >= 0.3 is 0 Å². The molecule has 0 radical (unpaired) electrons. The van der Waals surface area contributed by atoms with Crippen LogP contribution in [0.5, 0.6) is 0 Å². The van der Waals surface area contributed by atoms with Gasteiger partial charge in [0.25, 0.3) is 0 Å². The van der Waals surface area contributed by atoms with Crippen molar-refractivity contribution in [2.24, 2.45) is 4.99 Å². The predicted octanol–water partition coefficient (Wildman–Crippen LogP) is 3.20. The standard InChI is InChI=1S/C19H28N6S/c1-3-20-19(24-16-8-5-9-17(11-16)26-2)21-12-14-6-4-7-15(10-14)18-22-13-23-25-18/h4,6-7,10,13,16-17H,3,5,8-9,11-12H2,1-2H3,(H2,20,21,24)(H,22,23,25). The zero-order chi connectivity index (χ0) is 18.2. The van der Waals surface area contributed by atoms with Crippen LogP contribution in [-0.2, 0) is 6.54 Å². The molecular weight excluding hydrogens is 344 g/mol. The van der Waals surface area contributed by atoms with E-state index in [0.717, 1.165) is 34.7 Å². The number of guanidine groups is 1. The van der Waals surface area contributed by atoms with E-state index in [9.17, 15) is 0 Å². The first-order chi connectivity index (χ1) is 12.8. The van der Waals surface area contributed by atoms with E-state index in [4.69, 9.17) is 4.99 Å². The number of nitrogens with zero attached hydrogens (tertiary/aromatic N) is 3. The number of H-pyrrole nitrogens is 1. The Balaban J connectivity index is 1.64. The second kappa shape index (κ2) is 9.62. The molecule has 140 valence electrons. The maximum atomic E-state index is 4.79. The molecule has 0 amide bonds. The zero-order valence-electron chi connectivity index (χ0n) is 15.5. The van der Waals surface area contributed by atoms with E-state index < -0.39 is 0 Å². The Labute approximate surface area is 159 Å². The number of rotatable bonds is 6. The first kappa shape index (κ1) is 18.8. The second-order valence-electron chi connectivity index (χ2n) is 6.60. The van der Waals surface area contributed by atoms with Crippen LogP contribution in [0.15, 0.2) is 35.6 Å². The third-order valence-corrected chi connectivity index (χ3v) is 5.77. The molecule has 0 aliphatic heterocycles. The number of benzene rings is 1. The predicted molar refractivity (Wildman–Crippen MR) is 109 cm³/mol. The number of nitrogens with one attached hydrogen (secondary N) is 3. The number of aromatic nitrogens is 3. The maximum absolute atomic E-state index is 4.79. The first-order valence-electron chi connectivity index (χ1n) is 9.30. The minimum absolute atomic E-state index is 0.513. The van der Waals surface area contributed by atoms with Gasteiger partial charge in [-0.2, -0.15) is 16.9 Å². The summed E-state index contributed by atoms with van der Waals surface area (Å²) in [6, 6.07) is 8.78. The SMILES string of the molecule is CCNC(=NCc1cccc(-c2ncn[nH]2)c1)NC1CCCC(SC)C1. The summed E-state index contributed by atoms with van der Waals surface area (Å²) >= 11 is 1.99. The molecule has 6 nitrogen and oxygen atoms in total. The van der Waals surface area contributed by atoms with Crippen LogP contribution in [0.4, 0.5) is 0 Å². The average Bonchev–Trinajstić information content (AvgIpc) is 3.22. The van der Waals surface area contributed by atoms with Gasteiger partial charge in [-0.05, 0) is 44.1 Å². The molecule has 1 aliphatic carbocycles. The van der Waals surface area contributed by atoms with Gasteiger partial charge in [-0.1, -0.05) is 24.6 Å². The number of thioether (sulfide) groups is 1. The molecule has 1 aromatic heterocycles. The molecule has 1 fully saturated rings. The normalized spacial score (nSPS) is 20.8. The van der Waals surface area contributed by atoms with Gasteiger partial charge in [-0.25, -0.2) is 9.98 Å². The molecule has 0 saturated heterocycles. The largest absolute Gasteiger partial charge is 0.357 e. The minimum Gasteiger partial charge on any atom is -0.357 e. The lowest BCUT2D eigenvalue weighted by Crippen LogP contribution is -2.45. The Morgan fingerprint density at radius 2 is 2.31 bits per heavy atom. The Hall–Kier alpha value is -2.02. The monoisotopic (exact) mass is 372 g/mol. The molecule has 2 aromatic rings. The van der Waals surface area contributed by atoms with Crippen LogP contribution in [0.1, 0.15) is 38.2 Å². The van der Waals surface area contributed by atoms with Gasteiger partial charge < -0.3 is 10.6 Å². The van der Waals surface area contributed by atoms with Gasteiger partial charge in [0.15, 0.2) is 11.8 Å². The third-order valence-electron chi connectivity index (χ3n) is 4.68. The van der Waals surface area contributed by atoms with Crippen LogP contribution in [0.25, 0.3) is 11.4 Å². The summed E-state index contributed by atoms with van der Waals surface area (Å²) < 4.78 is 0. The highest BCUT2D eigenvalue weighted by atomic mass is 32.2. The molecule has 0 spiro atoms. The van der Waals surface area contributed by atoms with Crippen LogP contribution >= 0.6 is 11.8 Å². The van der Waals surface area contributed by atoms with Crippen molar-refractivity contribution < 1.29 is 0 Å². The van der Waals surface area contributed by atoms with Crippen molar-refractivity contribution in [3.8, 4) is 11.4 Å². The zero-order valence-corrected chi connectivity index (χ0v) is 16.4. The number of hydrogen-bond donors (Lipinski definition) is 3. The van der Waals surface area contributed by atoms with Crippen molar-refractivity contribution >= 4 is 17.7 Å². The molecule has 1 saturated carbocycles. The van der Waals surface area contributed by atoms with E-state index in [1.165, 1.54) is 32.0 Å². The quantitative estimate of drug-likeness (QED) is 0.536. The topological polar surface area (TPSA) is 78.0 Å². The van der Waals surface area contributed by atoms with E-state index >= 15 is 0 Å². The summed E-state index contributed by atoms with van der Waals surface area (Å²) in [5.41, 5.74) is 2.19. The molecule has 1 aliphatic rings. The van der Waals surface area contributed by atoms with Crippen molar-refractivity contribution in [2.45, 2.75) is 50.4 Å². The minimum atomic E-state index is 0.513. The molecular formula is C19H28N6S. The molecule has 1 aromatic carbocycles. The lowest BCUT2D eigenvalue weighted by molar-refractivity contribution is 0.419. The van der Waals surface area contributed by atoms with Crippen LogP contribution in [0.2, 0.25) is 0 Å². The van der Waals surface area contributed by atoms with Crippen molar-refractivity contribution in [3.63, 3.8) is 0 Å². The van der Waals surface area contributed by atoms with Crippen molar-refractivity contribution in [1.29, 1.82) is 0 Å². The van der Waals surface area contributed by atoms with Gasteiger partial charge in [-0.15, -0.1) is 0 Å². The lowest BCUT2D eigenvalue weighted by atomic mass is 9.95. The Morgan fingerprint density at radius 3 is 3.08 bits per heavy atom. The average molecular weight is 373 g/mol. The summed E-state index contributed by atoms with van der Waals surface area (Å²) in [6.45, 7) is 3.60. The Bertz CT molecular complexity index is 700. The summed E-state index contributed by atoms with van der Waals surface area (Å²) in [4.78, 5) is 9.01. The summed E-state index contributed by atoms with van der Waals surface area (Å²) in [5, 5.41) is 14.6. The molecule has 26 heavy (non-hydrogen) atoms. The fraction of sp³-hybridized carbons (Fsp3) is 0.526.